The monoisotopic (exact) mass is 541 g/mol. The molecular weight excluding hydrogens is 502 g/mol. The normalized spacial score (nSPS) is 22.2. The highest BCUT2D eigenvalue weighted by Gasteiger charge is 2.30. The molecular formula is C30H40ClN3O4. The van der Waals surface area contributed by atoms with E-state index < -0.39 is 12.1 Å². The van der Waals surface area contributed by atoms with Crippen LogP contribution < -0.4 is 20.7 Å². The SMILES string of the molecule is CC[C@@H]1NC(=O)[C@@H](C(C)C)NC(=O)[C@@H](Cc2ccc(Cl)cc2)CCCOc2ccccc2CCCNC1=O. The molecule has 8 heteroatoms. The quantitative estimate of drug-likeness (QED) is 0.532. The fraction of sp³-hybridized carbons (Fsp3) is 0.500. The van der Waals surface area contributed by atoms with Crippen molar-refractivity contribution in [3.63, 3.8) is 0 Å². The Bertz CT molecular complexity index is 1070. The van der Waals surface area contributed by atoms with Gasteiger partial charge in [-0.2, -0.15) is 0 Å². The van der Waals surface area contributed by atoms with Crippen molar-refractivity contribution in [1.82, 2.24) is 16.0 Å². The highest BCUT2D eigenvalue weighted by Crippen LogP contribution is 2.22. The van der Waals surface area contributed by atoms with Crippen LogP contribution in [-0.2, 0) is 27.2 Å². The van der Waals surface area contributed by atoms with Gasteiger partial charge in [0, 0.05) is 17.5 Å². The molecule has 7 nitrogen and oxygen atoms in total. The minimum atomic E-state index is -0.751. The number of halogens is 1. The standard InChI is InChI=1S/C30H40ClN3O4/c1-4-25-29(36)32-17-7-10-22-9-5-6-12-26(22)38-18-8-11-23(19-21-13-15-24(31)16-14-21)28(35)34-27(20(2)3)30(37)33-25/h5-6,9,12-16,20,23,25,27H,4,7-8,10-11,17-19H2,1-3H3,(H,32,36)(H,33,37)(H,34,35)/t23-,25+,27-/m1/s1. The molecule has 206 valence electrons. The molecule has 1 aliphatic rings. The number of amides is 3. The molecule has 2 aromatic carbocycles. The number of benzene rings is 2. The summed E-state index contributed by atoms with van der Waals surface area (Å²) in [4.78, 5) is 39.5. The highest BCUT2D eigenvalue weighted by molar-refractivity contribution is 6.30. The Morgan fingerprint density at radius 3 is 2.39 bits per heavy atom. The minimum absolute atomic E-state index is 0.152. The topological polar surface area (TPSA) is 96.5 Å². The molecule has 0 aliphatic carbocycles. The summed E-state index contributed by atoms with van der Waals surface area (Å²) in [7, 11) is 0. The predicted octanol–water partition coefficient (Wildman–Crippen LogP) is 4.46. The number of fused-ring (bicyclic) bond motifs is 1. The lowest BCUT2D eigenvalue weighted by atomic mass is 9.92. The van der Waals surface area contributed by atoms with Crippen molar-refractivity contribution < 1.29 is 19.1 Å². The molecule has 3 atom stereocenters. The van der Waals surface area contributed by atoms with Crippen molar-refractivity contribution in [2.24, 2.45) is 11.8 Å². The number of para-hydroxylation sites is 1. The van der Waals surface area contributed by atoms with Gasteiger partial charge in [0.05, 0.1) is 6.61 Å². The van der Waals surface area contributed by atoms with Gasteiger partial charge in [-0.05, 0) is 73.8 Å². The maximum Gasteiger partial charge on any atom is 0.243 e. The summed E-state index contributed by atoms with van der Waals surface area (Å²) >= 11 is 6.06. The molecule has 3 N–H and O–H groups in total. The average molecular weight is 542 g/mol. The third-order valence-corrected chi connectivity index (χ3v) is 7.16. The molecule has 0 aromatic heterocycles. The van der Waals surface area contributed by atoms with Gasteiger partial charge in [0.1, 0.15) is 17.8 Å². The number of carbonyl (C=O) groups is 3. The number of rotatable bonds is 4. The number of hydrogen-bond acceptors (Lipinski definition) is 4. The highest BCUT2D eigenvalue weighted by atomic mass is 35.5. The Kier molecular flexibility index (Phi) is 11.5. The van der Waals surface area contributed by atoms with Crippen LogP contribution in [0.4, 0.5) is 0 Å². The Hall–Kier alpha value is -3.06. The third kappa shape index (κ3) is 8.76. The van der Waals surface area contributed by atoms with E-state index in [4.69, 9.17) is 16.3 Å². The first-order chi connectivity index (χ1) is 18.3. The summed E-state index contributed by atoms with van der Waals surface area (Å²) in [6, 6.07) is 14.0. The number of nitrogens with one attached hydrogen (secondary N) is 3. The van der Waals surface area contributed by atoms with Gasteiger partial charge in [-0.25, -0.2) is 0 Å². The van der Waals surface area contributed by atoms with Crippen LogP contribution in [0.2, 0.25) is 5.02 Å². The van der Waals surface area contributed by atoms with Gasteiger partial charge in [0.15, 0.2) is 0 Å². The first-order valence-electron chi connectivity index (χ1n) is 13.6. The van der Waals surface area contributed by atoms with Gasteiger partial charge in [0.25, 0.3) is 0 Å². The molecule has 0 fully saturated rings. The van der Waals surface area contributed by atoms with Crippen molar-refractivity contribution >= 4 is 29.3 Å². The van der Waals surface area contributed by atoms with E-state index in [1.807, 2.05) is 69.3 Å². The first-order valence-corrected chi connectivity index (χ1v) is 14.0. The molecule has 2 aromatic rings. The second-order valence-electron chi connectivity index (χ2n) is 10.2. The zero-order chi connectivity index (χ0) is 27.5. The summed E-state index contributed by atoms with van der Waals surface area (Å²) in [5.74, 6) is -0.431. The zero-order valence-corrected chi connectivity index (χ0v) is 23.4. The van der Waals surface area contributed by atoms with Crippen molar-refractivity contribution in [2.75, 3.05) is 13.2 Å². The molecule has 1 heterocycles. The van der Waals surface area contributed by atoms with Gasteiger partial charge in [0.2, 0.25) is 17.7 Å². The number of ether oxygens (including phenoxy) is 1. The summed E-state index contributed by atoms with van der Waals surface area (Å²) < 4.78 is 6.11. The van der Waals surface area contributed by atoms with E-state index in [9.17, 15) is 14.4 Å². The maximum absolute atomic E-state index is 13.5. The number of hydrogen-bond donors (Lipinski definition) is 3. The summed E-state index contributed by atoms with van der Waals surface area (Å²) in [5, 5.41) is 9.42. The molecule has 0 spiro atoms. The van der Waals surface area contributed by atoms with E-state index in [2.05, 4.69) is 16.0 Å². The predicted molar refractivity (Wildman–Crippen MR) is 150 cm³/mol. The van der Waals surface area contributed by atoms with Crippen LogP contribution in [0.3, 0.4) is 0 Å². The van der Waals surface area contributed by atoms with E-state index in [1.54, 1.807) is 0 Å². The molecule has 38 heavy (non-hydrogen) atoms. The van der Waals surface area contributed by atoms with E-state index >= 15 is 0 Å². The second-order valence-corrected chi connectivity index (χ2v) is 10.7. The lowest BCUT2D eigenvalue weighted by Crippen LogP contribution is -2.56. The second kappa shape index (κ2) is 14.8. The summed E-state index contributed by atoms with van der Waals surface area (Å²) in [6.45, 7) is 6.60. The van der Waals surface area contributed by atoms with E-state index in [0.29, 0.717) is 43.9 Å². The van der Waals surface area contributed by atoms with Gasteiger partial charge in [-0.15, -0.1) is 0 Å². The smallest absolute Gasteiger partial charge is 0.243 e. The van der Waals surface area contributed by atoms with E-state index in [-0.39, 0.29) is 29.6 Å². The average Bonchev–Trinajstić information content (AvgIpc) is 2.90. The van der Waals surface area contributed by atoms with Crippen molar-refractivity contribution in [3.8, 4) is 5.75 Å². The van der Waals surface area contributed by atoms with Gasteiger partial charge >= 0.3 is 0 Å². The molecule has 1 aliphatic heterocycles. The van der Waals surface area contributed by atoms with Crippen LogP contribution in [-0.4, -0.2) is 43.0 Å². The molecule has 0 saturated carbocycles. The molecule has 0 radical (unpaired) electrons. The van der Waals surface area contributed by atoms with E-state index in [1.165, 1.54) is 0 Å². The van der Waals surface area contributed by atoms with Crippen LogP contribution in [0, 0.1) is 11.8 Å². The van der Waals surface area contributed by atoms with E-state index in [0.717, 1.165) is 29.7 Å². The van der Waals surface area contributed by atoms with Crippen molar-refractivity contribution in [1.29, 1.82) is 0 Å². The van der Waals surface area contributed by atoms with Gasteiger partial charge < -0.3 is 20.7 Å². The van der Waals surface area contributed by atoms with Crippen LogP contribution in [0.1, 0.15) is 57.6 Å². The Morgan fingerprint density at radius 1 is 0.947 bits per heavy atom. The molecule has 3 rings (SSSR count). The zero-order valence-electron chi connectivity index (χ0n) is 22.6. The van der Waals surface area contributed by atoms with Crippen LogP contribution in [0.25, 0.3) is 0 Å². The molecule has 0 saturated heterocycles. The maximum atomic E-state index is 13.5. The largest absolute Gasteiger partial charge is 0.493 e. The third-order valence-electron chi connectivity index (χ3n) is 6.90. The Morgan fingerprint density at radius 2 is 1.68 bits per heavy atom. The summed E-state index contributed by atoms with van der Waals surface area (Å²) in [5.41, 5.74) is 2.08. The van der Waals surface area contributed by atoms with Gasteiger partial charge in [-0.3, -0.25) is 14.4 Å². The van der Waals surface area contributed by atoms with Crippen molar-refractivity contribution in [2.45, 2.75) is 71.4 Å². The molecule has 0 unspecified atom stereocenters. The van der Waals surface area contributed by atoms with Crippen LogP contribution in [0.15, 0.2) is 48.5 Å². The minimum Gasteiger partial charge on any atom is -0.493 e. The number of carbonyl (C=O) groups excluding carboxylic acids is 3. The van der Waals surface area contributed by atoms with Gasteiger partial charge in [-0.1, -0.05) is 62.7 Å². The Balaban J connectivity index is 1.84. The van der Waals surface area contributed by atoms with Crippen LogP contribution in [0.5, 0.6) is 5.75 Å². The van der Waals surface area contributed by atoms with Crippen molar-refractivity contribution in [3.05, 3.63) is 64.7 Å². The summed E-state index contributed by atoms with van der Waals surface area (Å²) in [6.07, 6.45) is 3.77. The lowest BCUT2D eigenvalue weighted by Gasteiger charge is -2.27. The van der Waals surface area contributed by atoms with Crippen LogP contribution >= 0.6 is 11.6 Å². The molecule has 0 bridgehead atoms. The fourth-order valence-corrected chi connectivity index (χ4v) is 4.75. The Labute approximate surface area is 231 Å². The lowest BCUT2D eigenvalue weighted by molar-refractivity contribution is -0.134. The first kappa shape index (κ1) is 29.5. The molecule has 3 amide bonds. The fourth-order valence-electron chi connectivity index (χ4n) is 4.63. The number of aryl methyl sites for hydroxylation is 1.